The zero-order valence-electron chi connectivity index (χ0n) is 11.9. The summed E-state index contributed by atoms with van der Waals surface area (Å²) in [6.45, 7) is 6.58. The van der Waals surface area contributed by atoms with Crippen molar-refractivity contribution in [2.45, 2.75) is 90.3 Å². The summed E-state index contributed by atoms with van der Waals surface area (Å²) in [6.07, 6.45) is 9.76. The molecule has 2 N–H and O–H groups in total. The fourth-order valence-corrected chi connectivity index (χ4v) is 3.13. The fraction of sp³-hybridized carbons (Fsp3) is 1.00. The van der Waals surface area contributed by atoms with E-state index in [0.29, 0.717) is 18.0 Å². The summed E-state index contributed by atoms with van der Waals surface area (Å²) < 4.78 is 0. The lowest BCUT2D eigenvalue weighted by Crippen LogP contribution is -2.40. The summed E-state index contributed by atoms with van der Waals surface area (Å²) >= 11 is 0. The third-order valence-electron chi connectivity index (χ3n) is 4.31. The van der Waals surface area contributed by atoms with Gasteiger partial charge in [-0.15, -0.1) is 0 Å². The van der Waals surface area contributed by atoms with Gasteiger partial charge in [0.1, 0.15) is 0 Å². The van der Waals surface area contributed by atoms with E-state index in [9.17, 15) is 5.11 Å². The highest BCUT2D eigenvalue weighted by Gasteiger charge is 2.20. The van der Waals surface area contributed by atoms with Crippen LogP contribution in [0.15, 0.2) is 0 Å². The first-order valence-corrected chi connectivity index (χ1v) is 7.61. The van der Waals surface area contributed by atoms with Gasteiger partial charge < -0.3 is 10.4 Å². The molecule has 0 aliphatic heterocycles. The molecule has 0 spiro atoms. The van der Waals surface area contributed by atoms with E-state index in [2.05, 4.69) is 26.1 Å². The Kier molecular flexibility index (Phi) is 7.14. The molecule has 102 valence electrons. The standard InChI is InChI=1S/C15H31NO/c1-4-13(5-2)15(17)11-12(3)16-14-9-7-6-8-10-14/h12-17H,4-11H2,1-3H3. The predicted octanol–water partition coefficient (Wildman–Crippen LogP) is 3.48. The van der Waals surface area contributed by atoms with Gasteiger partial charge in [0.2, 0.25) is 0 Å². The van der Waals surface area contributed by atoms with E-state index in [1.807, 2.05) is 0 Å². The number of aliphatic hydroxyl groups excluding tert-OH is 1. The minimum absolute atomic E-state index is 0.129. The number of nitrogens with one attached hydrogen (secondary N) is 1. The Morgan fingerprint density at radius 3 is 2.24 bits per heavy atom. The van der Waals surface area contributed by atoms with Crippen molar-refractivity contribution in [2.75, 3.05) is 0 Å². The lowest BCUT2D eigenvalue weighted by molar-refractivity contribution is 0.0828. The molecule has 1 aliphatic carbocycles. The molecule has 1 rings (SSSR count). The lowest BCUT2D eigenvalue weighted by atomic mass is 9.91. The summed E-state index contributed by atoms with van der Waals surface area (Å²) in [5, 5.41) is 13.9. The predicted molar refractivity (Wildman–Crippen MR) is 74.2 cm³/mol. The average Bonchev–Trinajstić information content (AvgIpc) is 2.31. The summed E-state index contributed by atoms with van der Waals surface area (Å²) in [5.74, 6) is 0.477. The van der Waals surface area contributed by atoms with Crippen LogP contribution in [0.25, 0.3) is 0 Å². The minimum atomic E-state index is -0.129. The Labute approximate surface area is 107 Å². The van der Waals surface area contributed by atoms with Crippen LogP contribution >= 0.6 is 0 Å². The van der Waals surface area contributed by atoms with E-state index in [1.165, 1.54) is 32.1 Å². The molecule has 0 radical (unpaired) electrons. The Hall–Kier alpha value is -0.0800. The van der Waals surface area contributed by atoms with Crippen LogP contribution in [-0.2, 0) is 0 Å². The van der Waals surface area contributed by atoms with Crippen molar-refractivity contribution in [1.82, 2.24) is 5.32 Å². The van der Waals surface area contributed by atoms with Crippen molar-refractivity contribution < 1.29 is 5.11 Å². The first kappa shape index (κ1) is 15.0. The van der Waals surface area contributed by atoms with Crippen LogP contribution < -0.4 is 5.32 Å². The molecule has 2 unspecified atom stereocenters. The van der Waals surface area contributed by atoms with Gasteiger partial charge >= 0.3 is 0 Å². The zero-order valence-corrected chi connectivity index (χ0v) is 11.9. The highest BCUT2D eigenvalue weighted by atomic mass is 16.3. The van der Waals surface area contributed by atoms with Gasteiger partial charge in [0.25, 0.3) is 0 Å². The Bertz CT molecular complexity index is 185. The van der Waals surface area contributed by atoms with Crippen molar-refractivity contribution in [3.05, 3.63) is 0 Å². The smallest absolute Gasteiger partial charge is 0.0582 e. The maximum absolute atomic E-state index is 10.2. The molecule has 0 aromatic heterocycles. The number of rotatable bonds is 7. The van der Waals surface area contributed by atoms with Crippen molar-refractivity contribution in [3.63, 3.8) is 0 Å². The van der Waals surface area contributed by atoms with Crippen LogP contribution in [0.5, 0.6) is 0 Å². The van der Waals surface area contributed by atoms with Gasteiger partial charge in [-0.2, -0.15) is 0 Å². The second-order valence-corrected chi connectivity index (χ2v) is 5.78. The lowest BCUT2D eigenvalue weighted by Gasteiger charge is -2.29. The van der Waals surface area contributed by atoms with Gasteiger partial charge in [-0.3, -0.25) is 0 Å². The van der Waals surface area contributed by atoms with Crippen LogP contribution in [0, 0.1) is 5.92 Å². The van der Waals surface area contributed by atoms with E-state index in [4.69, 9.17) is 0 Å². The van der Waals surface area contributed by atoms with Crippen LogP contribution in [0.2, 0.25) is 0 Å². The molecule has 0 heterocycles. The average molecular weight is 241 g/mol. The largest absolute Gasteiger partial charge is 0.393 e. The molecular formula is C15H31NO. The van der Waals surface area contributed by atoms with Gasteiger partial charge in [-0.25, -0.2) is 0 Å². The van der Waals surface area contributed by atoms with Crippen molar-refractivity contribution in [3.8, 4) is 0 Å². The second-order valence-electron chi connectivity index (χ2n) is 5.78. The molecule has 0 bridgehead atoms. The second kappa shape index (κ2) is 8.10. The van der Waals surface area contributed by atoms with Gasteiger partial charge in [-0.1, -0.05) is 46.0 Å². The third kappa shape index (κ3) is 5.39. The first-order chi connectivity index (χ1) is 8.17. The zero-order chi connectivity index (χ0) is 12.7. The minimum Gasteiger partial charge on any atom is -0.393 e. The molecule has 0 aromatic carbocycles. The maximum Gasteiger partial charge on any atom is 0.0582 e. The molecule has 0 amide bonds. The molecule has 17 heavy (non-hydrogen) atoms. The van der Waals surface area contributed by atoms with Crippen molar-refractivity contribution >= 4 is 0 Å². The van der Waals surface area contributed by atoms with E-state index >= 15 is 0 Å². The first-order valence-electron chi connectivity index (χ1n) is 7.61. The maximum atomic E-state index is 10.2. The van der Waals surface area contributed by atoms with Crippen molar-refractivity contribution in [1.29, 1.82) is 0 Å². The van der Waals surface area contributed by atoms with Gasteiger partial charge in [0.15, 0.2) is 0 Å². The molecule has 0 aromatic rings. The van der Waals surface area contributed by atoms with E-state index in [0.717, 1.165) is 19.3 Å². The number of hydrogen-bond acceptors (Lipinski definition) is 2. The van der Waals surface area contributed by atoms with Crippen LogP contribution in [-0.4, -0.2) is 23.3 Å². The molecule has 1 aliphatic rings. The molecule has 2 heteroatoms. The van der Waals surface area contributed by atoms with Crippen LogP contribution in [0.4, 0.5) is 0 Å². The SMILES string of the molecule is CCC(CC)C(O)CC(C)NC1CCCCC1. The highest BCUT2D eigenvalue weighted by molar-refractivity contribution is 4.78. The monoisotopic (exact) mass is 241 g/mol. The third-order valence-corrected chi connectivity index (χ3v) is 4.31. The summed E-state index contributed by atoms with van der Waals surface area (Å²) in [6, 6.07) is 1.15. The molecule has 2 atom stereocenters. The van der Waals surface area contributed by atoms with Crippen molar-refractivity contribution in [2.24, 2.45) is 5.92 Å². The van der Waals surface area contributed by atoms with E-state index in [-0.39, 0.29) is 6.10 Å². The quantitative estimate of drug-likeness (QED) is 0.715. The molecule has 2 nitrogen and oxygen atoms in total. The Balaban J connectivity index is 2.24. The van der Waals surface area contributed by atoms with Gasteiger partial charge in [-0.05, 0) is 32.1 Å². The summed E-state index contributed by atoms with van der Waals surface area (Å²) in [5.41, 5.74) is 0. The highest BCUT2D eigenvalue weighted by Crippen LogP contribution is 2.20. The molecule has 1 fully saturated rings. The summed E-state index contributed by atoms with van der Waals surface area (Å²) in [7, 11) is 0. The molecular weight excluding hydrogens is 210 g/mol. The van der Waals surface area contributed by atoms with Gasteiger partial charge in [0, 0.05) is 12.1 Å². The number of aliphatic hydroxyl groups is 1. The Morgan fingerprint density at radius 2 is 1.71 bits per heavy atom. The fourth-order valence-electron chi connectivity index (χ4n) is 3.13. The number of hydrogen-bond donors (Lipinski definition) is 2. The van der Waals surface area contributed by atoms with E-state index in [1.54, 1.807) is 0 Å². The molecule has 1 saturated carbocycles. The Morgan fingerprint density at radius 1 is 1.12 bits per heavy atom. The van der Waals surface area contributed by atoms with E-state index < -0.39 is 0 Å². The topological polar surface area (TPSA) is 32.3 Å². The molecule has 0 saturated heterocycles. The van der Waals surface area contributed by atoms with Crippen LogP contribution in [0.1, 0.15) is 72.1 Å². The summed E-state index contributed by atoms with van der Waals surface area (Å²) in [4.78, 5) is 0. The van der Waals surface area contributed by atoms with Gasteiger partial charge in [0.05, 0.1) is 6.10 Å². The normalized spacial score (nSPS) is 21.7. The van der Waals surface area contributed by atoms with Crippen LogP contribution in [0.3, 0.4) is 0 Å².